The number of benzene rings is 3. The molecule has 49 heavy (non-hydrogen) atoms. The second-order valence-corrected chi connectivity index (χ2v) is 18.3. The van der Waals surface area contributed by atoms with Crippen LogP contribution in [0.15, 0.2) is 84.9 Å². The van der Waals surface area contributed by atoms with E-state index in [0.717, 1.165) is 61.3 Å². The third kappa shape index (κ3) is 7.62. The Bertz CT molecular complexity index is 1550. The van der Waals surface area contributed by atoms with Gasteiger partial charge < -0.3 is 29.1 Å². The molecule has 2 amide bonds. The van der Waals surface area contributed by atoms with Crippen molar-refractivity contribution in [2.45, 2.75) is 82.0 Å². The van der Waals surface area contributed by atoms with Gasteiger partial charge in [-0.1, -0.05) is 67.6 Å². The molecule has 3 aliphatic heterocycles. The van der Waals surface area contributed by atoms with Crippen LogP contribution in [0, 0.1) is 5.92 Å². The normalized spacial score (nSPS) is 23.7. The fourth-order valence-corrected chi connectivity index (χ4v) is 11.0. The summed E-state index contributed by atoms with van der Waals surface area (Å²) in [5.41, 5.74) is 3.24. The number of nitrogens with zero attached hydrogens (tertiary/aromatic N) is 3. The maximum atomic E-state index is 15.8. The van der Waals surface area contributed by atoms with Crippen LogP contribution in [0.1, 0.15) is 43.7 Å². The molecule has 0 bridgehead atoms. The SMILES string of the molecule is C[C@@H]1[C@@H]([Si](C)(C)F)[C@H](CC(=O)N(CCO)Cc2ccccc2)O[C@@H]1CCc1ccc(N2CN(c3ccccc3)C3(CCNCC3)C2=O)cc1. The Labute approximate surface area is 291 Å². The summed E-state index contributed by atoms with van der Waals surface area (Å²) in [6.07, 6.45) is 2.47. The molecule has 10 heteroatoms. The van der Waals surface area contributed by atoms with E-state index in [-0.39, 0.29) is 48.9 Å². The van der Waals surface area contributed by atoms with Crippen molar-refractivity contribution in [2.75, 3.05) is 42.7 Å². The molecule has 3 heterocycles. The molecule has 3 aromatic carbocycles. The highest BCUT2D eigenvalue weighted by molar-refractivity contribution is 6.72. The number of nitrogens with one attached hydrogen (secondary N) is 1. The number of hydrogen-bond acceptors (Lipinski definition) is 6. The van der Waals surface area contributed by atoms with Crippen molar-refractivity contribution in [1.82, 2.24) is 10.2 Å². The smallest absolute Gasteiger partial charge is 0.254 e. The molecule has 3 aromatic rings. The number of amides is 2. The van der Waals surface area contributed by atoms with Gasteiger partial charge in [0.1, 0.15) is 5.54 Å². The topological polar surface area (TPSA) is 85.4 Å². The van der Waals surface area contributed by atoms with Crippen molar-refractivity contribution in [1.29, 1.82) is 0 Å². The number of halogens is 1. The fourth-order valence-electron chi connectivity index (χ4n) is 8.41. The summed E-state index contributed by atoms with van der Waals surface area (Å²) in [7, 11) is -3.16. The van der Waals surface area contributed by atoms with Crippen molar-refractivity contribution in [3.8, 4) is 0 Å². The molecule has 0 aromatic heterocycles. The first-order valence-electron chi connectivity index (χ1n) is 17.8. The van der Waals surface area contributed by atoms with E-state index < -0.39 is 20.1 Å². The zero-order chi connectivity index (χ0) is 34.6. The second-order valence-electron chi connectivity index (χ2n) is 14.5. The first-order chi connectivity index (χ1) is 23.6. The third-order valence-electron chi connectivity index (χ3n) is 10.9. The van der Waals surface area contributed by atoms with Crippen molar-refractivity contribution < 1.29 is 23.5 Å². The van der Waals surface area contributed by atoms with E-state index in [1.54, 1.807) is 18.0 Å². The Hall–Kier alpha value is -3.57. The molecule has 6 rings (SSSR count). The van der Waals surface area contributed by atoms with Crippen molar-refractivity contribution in [3.05, 3.63) is 96.1 Å². The Morgan fingerprint density at radius 1 is 0.959 bits per heavy atom. The molecule has 3 saturated heterocycles. The molecule has 0 aliphatic carbocycles. The predicted octanol–water partition coefficient (Wildman–Crippen LogP) is 5.91. The highest BCUT2D eigenvalue weighted by atomic mass is 28.4. The molecule has 4 atom stereocenters. The minimum Gasteiger partial charge on any atom is -0.395 e. The Morgan fingerprint density at radius 3 is 2.24 bits per heavy atom. The number of para-hydroxylation sites is 1. The van der Waals surface area contributed by atoms with E-state index in [1.165, 1.54) is 0 Å². The molecule has 3 aliphatic rings. The van der Waals surface area contributed by atoms with Gasteiger partial charge in [-0.3, -0.25) is 14.5 Å². The van der Waals surface area contributed by atoms with Gasteiger partial charge in [0.2, 0.25) is 14.3 Å². The van der Waals surface area contributed by atoms with Gasteiger partial charge >= 0.3 is 0 Å². The Kier molecular flexibility index (Phi) is 10.9. The van der Waals surface area contributed by atoms with Gasteiger partial charge in [-0.05, 0) is 93.2 Å². The standard InChI is InChI=1S/C39H51FN4O4Si/c1-29-34(48-35(37(29)49(2,3)40)26-36(46)42(24-25-45)27-31-10-6-4-7-11-31)19-16-30-14-17-32(18-15-30)43-28-44(33-12-8-5-9-13-33)39(38(43)47)20-22-41-23-21-39/h4-15,17-18,29,34-35,37,41,45H,16,19-28H2,1-3H3/t29-,34+,35-,37+/m0/s1. The second kappa shape index (κ2) is 15.1. The zero-order valence-electron chi connectivity index (χ0n) is 29.1. The molecule has 8 nitrogen and oxygen atoms in total. The van der Waals surface area contributed by atoms with E-state index in [2.05, 4.69) is 41.4 Å². The molecular formula is C39H51FN4O4Si. The number of anilines is 2. The van der Waals surface area contributed by atoms with Gasteiger partial charge in [-0.15, -0.1) is 0 Å². The zero-order valence-corrected chi connectivity index (χ0v) is 30.1. The minimum atomic E-state index is -3.16. The summed E-state index contributed by atoms with van der Waals surface area (Å²) in [5.74, 6) is 0.0180. The highest BCUT2D eigenvalue weighted by Crippen LogP contribution is 2.47. The van der Waals surface area contributed by atoms with Crippen LogP contribution in [0.5, 0.6) is 0 Å². The lowest BCUT2D eigenvalue weighted by Gasteiger charge is -2.39. The van der Waals surface area contributed by atoms with Crippen LogP contribution in [0.3, 0.4) is 0 Å². The largest absolute Gasteiger partial charge is 0.395 e. The Balaban J connectivity index is 1.11. The molecule has 1 spiro atoms. The summed E-state index contributed by atoms with van der Waals surface area (Å²) in [6.45, 7) is 8.14. The molecular weight excluding hydrogens is 636 g/mol. The van der Waals surface area contributed by atoms with Gasteiger partial charge in [-0.2, -0.15) is 0 Å². The average molecular weight is 687 g/mol. The number of carbonyl (C=O) groups is 2. The van der Waals surface area contributed by atoms with Crippen LogP contribution in [0.4, 0.5) is 15.5 Å². The number of aliphatic hydroxyl groups is 1. The van der Waals surface area contributed by atoms with Crippen molar-refractivity contribution in [3.63, 3.8) is 0 Å². The number of rotatable bonds is 12. The van der Waals surface area contributed by atoms with Crippen molar-refractivity contribution >= 4 is 31.6 Å². The molecule has 0 unspecified atom stereocenters. The van der Waals surface area contributed by atoms with Crippen LogP contribution in [0.25, 0.3) is 0 Å². The van der Waals surface area contributed by atoms with Crippen LogP contribution in [-0.4, -0.2) is 80.9 Å². The summed E-state index contributed by atoms with van der Waals surface area (Å²) >= 11 is 0. The summed E-state index contributed by atoms with van der Waals surface area (Å²) in [5, 5.41) is 13.1. The van der Waals surface area contributed by atoms with Gasteiger partial charge in [-0.25, -0.2) is 0 Å². The lowest BCUT2D eigenvalue weighted by Crippen LogP contribution is -2.55. The lowest BCUT2D eigenvalue weighted by molar-refractivity contribution is -0.135. The third-order valence-corrected chi connectivity index (χ3v) is 13.4. The number of carbonyl (C=O) groups excluding carboxylic acids is 2. The number of aryl methyl sites for hydroxylation is 1. The number of ether oxygens (including phenoxy) is 1. The average Bonchev–Trinajstić information content (AvgIpc) is 3.57. The predicted molar refractivity (Wildman–Crippen MR) is 195 cm³/mol. The number of hydrogen-bond donors (Lipinski definition) is 2. The van der Waals surface area contributed by atoms with Crippen LogP contribution >= 0.6 is 0 Å². The molecule has 2 N–H and O–H groups in total. The summed E-state index contributed by atoms with van der Waals surface area (Å²) < 4.78 is 22.4. The number of piperidine rings is 1. The highest BCUT2D eigenvalue weighted by Gasteiger charge is 2.54. The lowest BCUT2D eigenvalue weighted by atomic mass is 9.86. The van der Waals surface area contributed by atoms with E-state index >= 15 is 4.11 Å². The quantitative estimate of drug-likeness (QED) is 0.182. The Morgan fingerprint density at radius 2 is 1.61 bits per heavy atom. The summed E-state index contributed by atoms with van der Waals surface area (Å²) in [4.78, 5) is 33.4. The maximum Gasteiger partial charge on any atom is 0.254 e. The van der Waals surface area contributed by atoms with E-state index in [9.17, 15) is 14.7 Å². The van der Waals surface area contributed by atoms with Crippen LogP contribution < -0.4 is 15.1 Å². The van der Waals surface area contributed by atoms with Gasteiger partial charge in [0.15, 0.2) is 0 Å². The molecule has 262 valence electrons. The molecule has 3 fully saturated rings. The van der Waals surface area contributed by atoms with E-state index in [4.69, 9.17) is 4.74 Å². The van der Waals surface area contributed by atoms with Gasteiger partial charge in [0, 0.05) is 30.0 Å². The minimum absolute atomic E-state index is 0.0171. The fraction of sp³-hybridized carbons (Fsp3) is 0.487. The van der Waals surface area contributed by atoms with Gasteiger partial charge in [0.05, 0.1) is 31.9 Å². The first-order valence-corrected chi connectivity index (χ1v) is 20.8. The summed E-state index contributed by atoms with van der Waals surface area (Å²) in [6, 6.07) is 28.2. The monoisotopic (exact) mass is 686 g/mol. The van der Waals surface area contributed by atoms with Crippen LogP contribution in [-0.2, 0) is 27.3 Å². The van der Waals surface area contributed by atoms with E-state index in [1.807, 2.05) is 65.6 Å². The first kappa shape index (κ1) is 35.3. The van der Waals surface area contributed by atoms with Crippen molar-refractivity contribution in [2.24, 2.45) is 5.92 Å². The maximum absolute atomic E-state index is 15.8. The van der Waals surface area contributed by atoms with Crippen LogP contribution in [0.2, 0.25) is 18.6 Å². The molecule has 0 saturated carbocycles. The molecule has 0 radical (unpaired) electrons. The van der Waals surface area contributed by atoms with E-state index in [0.29, 0.717) is 13.2 Å². The number of aliphatic hydroxyl groups excluding tert-OH is 1. The van der Waals surface area contributed by atoms with Gasteiger partial charge in [0.25, 0.3) is 5.91 Å².